The molecule has 0 spiro atoms. The summed E-state index contributed by atoms with van der Waals surface area (Å²) in [6.45, 7) is 2.54. The largest absolute Gasteiger partial charge is 0.357 e. The minimum atomic E-state index is 0.589. The fourth-order valence-corrected chi connectivity index (χ4v) is 4.63. The SMILES string of the molecule is Brc1ccc2sc(NC3CCN4CCCC34)nc2c1. The molecule has 2 atom stereocenters. The molecule has 2 aromatic rings. The van der Waals surface area contributed by atoms with Gasteiger partial charge in [-0.25, -0.2) is 4.98 Å². The lowest BCUT2D eigenvalue weighted by Gasteiger charge is -2.20. The number of rotatable bonds is 2. The summed E-state index contributed by atoms with van der Waals surface area (Å²) < 4.78 is 2.35. The second kappa shape index (κ2) is 4.72. The molecule has 19 heavy (non-hydrogen) atoms. The maximum absolute atomic E-state index is 4.71. The van der Waals surface area contributed by atoms with Crippen LogP contribution in [0.15, 0.2) is 22.7 Å². The van der Waals surface area contributed by atoms with E-state index in [1.807, 2.05) is 0 Å². The summed E-state index contributed by atoms with van der Waals surface area (Å²) >= 11 is 5.27. The Morgan fingerprint density at radius 2 is 2.26 bits per heavy atom. The molecule has 2 unspecified atom stereocenters. The number of hydrogen-bond acceptors (Lipinski definition) is 4. The molecule has 2 saturated heterocycles. The first kappa shape index (κ1) is 12.1. The van der Waals surface area contributed by atoms with Crippen LogP contribution in [-0.4, -0.2) is 35.1 Å². The van der Waals surface area contributed by atoms with Gasteiger partial charge in [0.15, 0.2) is 5.13 Å². The summed E-state index contributed by atoms with van der Waals surface area (Å²) in [5.41, 5.74) is 1.09. The number of halogens is 1. The fourth-order valence-electron chi connectivity index (χ4n) is 3.37. The molecule has 0 aliphatic carbocycles. The molecular formula is C14H16BrN3S. The molecule has 5 heteroatoms. The van der Waals surface area contributed by atoms with Crippen molar-refractivity contribution in [2.75, 3.05) is 18.4 Å². The highest BCUT2D eigenvalue weighted by Crippen LogP contribution is 2.33. The topological polar surface area (TPSA) is 28.2 Å². The normalized spacial score (nSPS) is 27.0. The smallest absolute Gasteiger partial charge is 0.184 e. The summed E-state index contributed by atoms with van der Waals surface area (Å²) in [5, 5.41) is 4.75. The van der Waals surface area contributed by atoms with Crippen LogP contribution >= 0.6 is 27.3 Å². The Hall–Kier alpha value is -0.650. The van der Waals surface area contributed by atoms with Crippen molar-refractivity contribution in [2.45, 2.75) is 31.3 Å². The highest BCUT2D eigenvalue weighted by molar-refractivity contribution is 9.10. The van der Waals surface area contributed by atoms with E-state index < -0.39 is 0 Å². The number of nitrogens with zero attached hydrogens (tertiary/aromatic N) is 2. The van der Waals surface area contributed by atoms with Crippen LogP contribution in [0.5, 0.6) is 0 Å². The van der Waals surface area contributed by atoms with E-state index in [0.29, 0.717) is 6.04 Å². The molecule has 3 heterocycles. The molecule has 0 saturated carbocycles. The fraction of sp³-hybridized carbons (Fsp3) is 0.500. The molecule has 0 radical (unpaired) electrons. The quantitative estimate of drug-likeness (QED) is 0.905. The molecule has 1 N–H and O–H groups in total. The van der Waals surface area contributed by atoms with Gasteiger partial charge in [-0.2, -0.15) is 0 Å². The summed E-state index contributed by atoms with van der Waals surface area (Å²) in [6, 6.07) is 7.63. The van der Waals surface area contributed by atoms with Gasteiger partial charge in [-0.05, 0) is 44.0 Å². The molecule has 100 valence electrons. The van der Waals surface area contributed by atoms with Crippen molar-refractivity contribution < 1.29 is 0 Å². The zero-order valence-electron chi connectivity index (χ0n) is 10.6. The minimum absolute atomic E-state index is 0.589. The number of benzene rings is 1. The first-order chi connectivity index (χ1) is 9.29. The number of thiazole rings is 1. The van der Waals surface area contributed by atoms with Gasteiger partial charge in [0.1, 0.15) is 0 Å². The highest BCUT2D eigenvalue weighted by atomic mass is 79.9. The average molecular weight is 338 g/mol. The lowest BCUT2D eigenvalue weighted by atomic mass is 10.1. The van der Waals surface area contributed by atoms with E-state index in [2.05, 4.69) is 44.3 Å². The van der Waals surface area contributed by atoms with Crippen LogP contribution in [-0.2, 0) is 0 Å². The van der Waals surface area contributed by atoms with Crippen molar-refractivity contribution in [2.24, 2.45) is 0 Å². The van der Waals surface area contributed by atoms with Crippen LogP contribution in [0.1, 0.15) is 19.3 Å². The van der Waals surface area contributed by atoms with Crippen molar-refractivity contribution in [1.82, 2.24) is 9.88 Å². The number of hydrogen-bond donors (Lipinski definition) is 1. The lowest BCUT2D eigenvalue weighted by molar-refractivity contribution is 0.318. The van der Waals surface area contributed by atoms with Gasteiger partial charge in [0.25, 0.3) is 0 Å². The third kappa shape index (κ3) is 2.18. The number of anilines is 1. The average Bonchev–Trinajstić information content (AvgIpc) is 3.05. The first-order valence-corrected chi connectivity index (χ1v) is 8.47. The van der Waals surface area contributed by atoms with Crippen LogP contribution in [0.25, 0.3) is 10.2 Å². The first-order valence-electron chi connectivity index (χ1n) is 6.86. The van der Waals surface area contributed by atoms with Gasteiger partial charge in [0.2, 0.25) is 0 Å². The van der Waals surface area contributed by atoms with Crippen molar-refractivity contribution >= 4 is 42.6 Å². The Kier molecular flexibility index (Phi) is 3.01. The zero-order valence-corrected chi connectivity index (χ0v) is 13.0. The van der Waals surface area contributed by atoms with E-state index in [1.54, 1.807) is 11.3 Å². The van der Waals surface area contributed by atoms with Gasteiger partial charge in [0.05, 0.1) is 10.2 Å². The van der Waals surface area contributed by atoms with Crippen molar-refractivity contribution in [3.8, 4) is 0 Å². The van der Waals surface area contributed by atoms with E-state index >= 15 is 0 Å². The van der Waals surface area contributed by atoms with Gasteiger partial charge < -0.3 is 5.32 Å². The summed E-state index contributed by atoms with van der Waals surface area (Å²) in [7, 11) is 0. The third-order valence-corrected chi connectivity index (χ3v) is 5.73. The van der Waals surface area contributed by atoms with Crippen molar-refractivity contribution in [3.63, 3.8) is 0 Å². The van der Waals surface area contributed by atoms with Gasteiger partial charge in [-0.15, -0.1) is 0 Å². The van der Waals surface area contributed by atoms with E-state index in [4.69, 9.17) is 4.98 Å². The molecule has 4 rings (SSSR count). The maximum Gasteiger partial charge on any atom is 0.184 e. The van der Waals surface area contributed by atoms with Crippen molar-refractivity contribution in [3.05, 3.63) is 22.7 Å². The molecular weight excluding hydrogens is 322 g/mol. The van der Waals surface area contributed by atoms with E-state index in [1.165, 1.54) is 37.1 Å². The van der Waals surface area contributed by atoms with Gasteiger partial charge in [-0.1, -0.05) is 27.3 Å². The van der Waals surface area contributed by atoms with E-state index in [-0.39, 0.29) is 0 Å². The van der Waals surface area contributed by atoms with Crippen molar-refractivity contribution in [1.29, 1.82) is 0 Å². The van der Waals surface area contributed by atoms with Crippen LogP contribution in [0.4, 0.5) is 5.13 Å². The van der Waals surface area contributed by atoms with E-state index in [0.717, 1.165) is 21.2 Å². The second-order valence-electron chi connectivity index (χ2n) is 5.42. The van der Waals surface area contributed by atoms with E-state index in [9.17, 15) is 0 Å². The Labute approximate surface area is 125 Å². The third-order valence-electron chi connectivity index (χ3n) is 4.26. The number of aromatic nitrogens is 1. The Bertz CT molecular complexity index is 612. The summed E-state index contributed by atoms with van der Waals surface area (Å²) in [6.07, 6.45) is 3.95. The predicted molar refractivity (Wildman–Crippen MR) is 83.9 cm³/mol. The van der Waals surface area contributed by atoms with Crippen LogP contribution < -0.4 is 5.32 Å². The zero-order chi connectivity index (χ0) is 12.8. The molecule has 2 aliphatic rings. The molecule has 1 aromatic carbocycles. The summed E-state index contributed by atoms with van der Waals surface area (Å²) in [4.78, 5) is 7.34. The minimum Gasteiger partial charge on any atom is -0.357 e. The number of nitrogens with one attached hydrogen (secondary N) is 1. The molecule has 2 fully saturated rings. The Morgan fingerprint density at radius 3 is 3.21 bits per heavy atom. The molecule has 1 aromatic heterocycles. The van der Waals surface area contributed by atoms with Crippen LogP contribution in [0, 0.1) is 0 Å². The van der Waals surface area contributed by atoms with Crippen LogP contribution in [0.3, 0.4) is 0 Å². The monoisotopic (exact) mass is 337 g/mol. The van der Waals surface area contributed by atoms with Gasteiger partial charge in [0, 0.05) is 23.1 Å². The lowest BCUT2D eigenvalue weighted by Crippen LogP contribution is -2.33. The maximum atomic E-state index is 4.71. The van der Waals surface area contributed by atoms with Gasteiger partial charge >= 0.3 is 0 Å². The van der Waals surface area contributed by atoms with Crippen LogP contribution in [0.2, 0.25) is 0 Å². The summed E-state index contributed by atoms with van der Waals surface area (Å²) in [5.74, 6) is 0. The molecule has 2 aliphatic heterocycles. The second-order valence-corrected chi connectivity index (χ2v) is 7.36. The Morgan fingerprint density at radius 1 is 1.32 bits per heavy atom. The molecule has 0 amide bonds. The molecule has 0 bridgehead atoms. The Balaban J connectivity index is 1.58. The number of fused-ring (bicyclic) bond motifs is 2. The molecule has 3 nitrogen and oxygen atoms in total. The van der Waals surface area contributed by atoms with Gasteiger partial charge in [-0.3, -0.25) is 4.90 Å². The predicted octanol–water partition coefficient (Wildman–Crippen LogP) is 3.71. The standard InChI is InChI=1S/C14H16BrN3S/c15-9-3-4-13-11(8-9)17-14(19-13)16-10-5-7-18-6-1-2-12(10)18/h3-4,8,10,12H,1-2,5-7H2,(H,16,17). The highest BCUT2D eigenvalue weighted by Gasteiger charge is 2.37.